The first-order valence-electron chi connectivity index (χ1n) is 10.4. The molecule has 4 nitrogen and oxygen atoms in total. The molecule has 26 heavy (non-hydrogen) atoms. The molecule has 1 fully saturated rings. The van der Waals surface area contributed by atoms with E-state index in [2.05, 4.69) is 19.1 Å². The lowest BCUT2D eigenvalue weighted by Crippen LogP contribution is -2.45. The van der Waals surface area contributed by atoms with Gasteiger partial charge in [0.15, 0.2) is 5.41 Å². The van der Waals surface area contributed by atoms with E-state index in [4.69, 9.17) is 9.47 Å². The molecule has 0 aromatic rings. The van der Waals surface area contributed by atoms with Crippen molar-refractivity contribution in [1.29, 1.82) is 0 Å². The number of esters is 2. The Kier molecular flexibility index (Phi) is 8.17. The highest BCUT2D eigenvalue weighted by atomic mass is 16.5. The van der Waals surface area contributed by atoms with Crippen LogP contribution in [0.15, 0.2) is 12.2 Å². The topological polar surface area (TPSA) is 52.6 Å². The van der Waals surface area contributed by atoms with Gasteiger partial charge >= 0.3 is 11.9 Å². The Bertz CT molecular complexity index is 480. The molecule has 2 rings (SSSR count). The van der Waals surface area contributed by atoms with Crippen LogP contribution in [0.2, 0.25) is 0 Å². The molecule has 0 N–H and O–H groups in total. The Labute approximate surface area is 158 Å². The van der Waals surface area contributed by atoms with Crippen LogP contribution in [0.5, 0.6) is 0 Å². The lowest BCUT2D eigenvalue weighted by molar-refractivity contribution is -0.173. The Morgan fingerprint density at radius 3 is 2.23 bits per heavy atom. The SMILES string of the molecule is CCCCCCCCC[C@H]1CC(C(=O)OC)(C(=O)OC)[C@@H]2CCC=C[C@H]12. The van der Waals surface area contributed by atoms with Gasteiger partial charge in [-0.25, -0.2) is 0 Å². The van der Waals surface area contributed by atoms with Gasteiger partial charge in [0.1, 0.15) is 0 Å². The summed E-state index contributed by atoms with van der Waals surface area (Å²) in [6.45, 7) is 2.24. The van der Waals surface area contributed by atoms with Gasteiger partial charge in [-0.1, -0.05) is 64.0 Å². The second kappa shape index (κ2) is 10.1. The van der Waals surface area contributed by atoms with Crippen molar-refractivity contribution in [2.24, 2.45) is 23.2 Å². The number of hydrogen-bond donors (Lipinski definition) is 0. The number of allylic oxidation sites excluding steroid dienone is 2. The van der Waals surface area contributed by atoms with Crippen molar-refractivity contribution < 1.29 is 19.1 Å². The summed E-state index contributed by atoms with van der Waals surface area (Å²) >= 11 is 0. The van der Waals surface area contributed by atoms with Gasteiger partial charge in [0.25, 0.3) is 0 Å². The molecule has 0 saturated heterocycles. The smallest absolute Gasteiger partial charge is 0.323 e. The van der Waals surface area contributed by atoms with Gasteiger partial charge < -0.3 is 9.47 Å². The third-order valence-electron chi connectivity index (χ3n) is 6.51. The van der Waals surface area contributed by atoms with Crippen LogP contribution in [0.25, 0.3) is 0 Å². The maximum Gasteiger partial charge on any atom is 0.323 e. The summed E-state index contributed by atoms with van der Waals surface area (Å²) < 4.78 is 10.1. The van der Waals surface area contributed by atoms with Gasteiger partial charge in [-0.2, -0.15) is 0 Å². The van der Waals surface area contributed by atoms with Gasteiger partial charge in [0.2, 0.25) is 0 Å². The van der Waals surface area contributed by atoms with Crippen LogP contribution >= 0.6 is 0 Å². The van der Waals surface area contributed by atoms with Crippen LogP contribution in [-0.2, 0) is 19.1 Å². The zero-order valence-corrected chi connectivity index (χ0v) is 16.8. The summed E-state index contributed by atoms with van der Waals surface area (Å²) in [5.41, 5.74) is -1.11. The molecule has 148 valence electrons. The zero-order valence-electron chi connectivity index (χ0n) is 16.8. The van der Waals surface area contributed by atoms with Crippen molar-refractivity contribution in [3.8, 4) is 0 Å². The first-order valence-corrected chi connectivity index (χ1v) is 10.4. The second-order valence-corrected chi connectivity index (χ2v) is 8.02. The largest absolute Gasteiger partial charge is 0.468 e. The van der Waals surface area contributed by atoms with Crippen LogP contribution < -0.4 is 0 Å². The molecule has 4 heteroatoms. The molecular formula is C22H36O4. The first-order chi connectivity index (χ1) is 12.6. The third kappa shape index (κ3) is 4.32. The Morgan fingerprint density at radius 2 is 1.62 bits per heavy atom. The molecule has 1 saturated carbocycles. The summed E-state index contributed by atoms with van der Waals surface area (Å²) in [5, 5.41) is 0. The van der Waals surface area contributed by atoms with Gasteiger partial charge in [0, 0.05) is 0 Å². The monoisotopic (exact) mass is 364 g/mol. The molecule has 0 aromatic carbocycles. The number of methoxy groups -OCH3 is 2. The van der Waals surface area contributed by atoms with Gasteiger partial charge in [-0.15, -0.1) is 0 Å². The number of hydrogen-bond acceptors (Lipinski definition) is 4. The number of fused-ring (bicyclic) bond motifs is 1. The molecule has 3 atom stereocenters. The summed E-state index contributed by atoms with van der Waals surface area (Å²) in [5.74, 6) is -0.136. The van der Waals surface area contributed by atoms with Crippen molar-refractivity contribution in [3.63, 3.8) is 0 Å². The van der Waals surface area contributed by atoms with Crippen molar-refractivity contribution in [1.82, 2.24) is 0 Å². The molecule has 2 aliphatic carbocycles. The summed E-state index contributed by atoms with van der Waals surface area (Å²) in [7, 11) is 2.76. The minimum absolute atomic E-state index is 0.0157. The quantitative estimate of drug-likeness (QED) is 0.235. The van der Waals surface area contributed by atoms with E-state index in [1.54, 1.807) is 0 Å². The van der Waals surface area contributed by atoms with Gasteiger partial charge in [0.05, 0.1) is 14.2 Å². The highest BCUT2D eigenvalue weighted by Crippen LogP contribution is 2.57. The number of rotatable bonds is 10. The van der Waals surface area contributed by atoms with E-state index in [0.717, 1.165) is 19.3 Å². The van der Waals surface area contributed by atoms with Crippen LogP contribution in [0, 0.1) is 23.2 Å². The second-order valence-electron chi connectivity index (χ2n) is 8.02. The summed E-state index contributed by atoms with van der Waals surface area (Å²) in [6, 6.07) is 0. The van der Waals surface area contributed by atoms with E-state index in [-0.39, 0.29) is 5.92 Å². The molecule has 0 unspecified atom stereocenters. The van der Waals surface area contributed by atoms with E-state index in [9.17, 15) is 9.59 Å². The zero-order chi connectivity index (χ0) is 19.0. The minimum Gasteiger partial charge on any atom is -0.468 e. The van der Waals surface area contributed by atoms with Crippen LogP contribution in [-0.4, -0.2) is 26.2 Å². The van der Waals surface area contributed by atoms with E-state index < -0.39 is 17.4 Å². The van der Waals surface area contributed by atoms with Crippen LogP contribution in [0.4, 0.5) is 0 Å². The third-order valence-corrected chi connectivity index (χ3v) is 6.51. The van der Waals surface area contributed by atoms with E-state index in [0.29, 0.717) is 18.3 Å². The van der Waals surface area contributed by atoms with E-state index in [1.165, 1.54) is 59.2 Å². The molecule has 0 aromatic heterocycles. The fraction of sp³-hybridized carbons (Fsp3) is 0.818. The van der Waals surface area contributed by atoms with Crippen molar-refractivity contribution >= 4 is 11.9 Å². The number of ether oxygens (including phenoxy) is 2. The molecule has 0 amide bonds. The summed E-state index contributed by atoms with van der Waals surface area (Å²) in [4.78, 5) is 25.3. The lowest BCUT2D eigenvalue weighted by atomic mass is 9.71. The molecule has 0 bridgehead atoms. The first kappa shape index (κ1) is 21.0. The predicted molar refractivity (Wildman–Crippen MR) is 103 cm³/mol. The number of carbonyl (C=O) groups is 2. The average molecular weight is 365 g/mol. The Morgan fingerprint density at radius 1 is 1.00 bits per heavy atom. The molecule has 0 heterocycles. The lowest BCUT2D eigenvalue weighted by Gasteiger charge is -2.33. The molecular weight excluding hydrogens is 328 g/mol. The Hall–Kier alpha value is -1.32. The molecule has 0 spiro atoms. The molecule has 0 aliphatic heterocycles. The fourth-order valence-electron chi connectivity index (χ4n) is 5.19. The van der Waals surface area contributed by atoms with Crippen molar-refractivity contribution in [2.45, 2.75) is 77.6 Å². The standard InChI is InChI=1S/C22H36O4/c1-4-5-6-7-8-9-10-13-17-16-22(20(23)25-2,21(24)26-3)19-15-12-11-14-18(17)19/h11,14,17-19H,4-10,12-13,15-16H2,1-3H3/t17-,18+,19+/m0/s1. The van der Waals surface area contributed by atoms with Gasteiger partial charge in [-0.3, -0.25) is 9.59 Å². The Balaban J connectivity index is 2.01. The van der Waals surface area contributed by atoms with Crippen LogP contribution in [0.3, 0.4) is 0 Å². The predicted octanol–water partition coefficient (Wildman–Crippen LogP) is 5.06. The van der Waals surface area contributed by atoms with Crippen molar-refractivity contribution in [3.05, 3.63) is 12.2 Å². The average Bonchev–Trinajstić information content (AvgIpc) is 3.01. The van der Waals surface area contributed by atoms with Crippen LogP contribution in [0.1, 0.15) is 77.6 Å². The maximum atomic E-state index is 12.7. The van der Waals surface area contributed by atoms with E-state index >= 15 is 0 Å². The van der Waals surface area contributed by atoms with E-state index in [1.807, 2.05) is 0 Å². The highest BCUT2D eigenvalue weighted by Gasteiger charge is 2.63. The minimum atomic E-state index is -1.11. The summed E-state index contributed by atoms with van der Waals surface area (Å²) in [6.07, 6.45) is 16.8. The number of carbonyl (C=O) groups excluding carboxylic acids is 2. The molecule has 2 aliphatic rings. The fourth-order valence-corrected chi connectivity index (χ4v) is 5.19. The number of unbranched alkanes of at least 4 members (excludes halogenated alkanes) is 6. The highest BCUT2D eigenvalue weighted by molar-refractivity contribution is 6.01. The maximum absolute atomic E-state index is 12.7. The molecule has 0 radical (unpaired) electrons. The van der Waals surface area contributed by atoms with Crippen molar-refractivity contribution in [2.75, 3.05) is 14.2 Å². The van der Waals surface area contributed by atoms with Gasteiger partial charge in [-0.05, 0) is 43.4 Å². The normalized spacial score (nSPS) is 26.3.